The van der Waals surface area contributed by atoms with Gasteiger partial charge in [-0.2, -0.15) is 5.26 Å². The van der Waals surface area contributed by atoms with E-state index in [0.717, 1.165) is 5.56 Å². The molecular formula is C22H17N3O4. The number of nitro benzene ring substituents is 1. The number of ether oxygens (including phenoxy) is 1. The van der Waals surface area contributed by atoms with E-state index >= 15 is 0 Å². The maximum absolute atomic E-state index is 13.1. The van der Waals surface area contributed by atoms with Gasteiger partial charge in [0.25, 0.3) is 5.69 Å². The van der Waals surface area contributed by atoms with Crippen LogP contribution in [0.5, 0.6) is 0 Å². The Labute approximate surface area is 166 Å². The van der Waals surface area contributed by atoms with Crippen molar-refractivity contribution in [1.82, 2.24) is 0 Å². The van der Waals surface area contributed by atoms with Crippen LogP contribution >= 0.6 is 0 Å². The third-order valence-electron chi connectivity index (χ3n) is 5.35. The summed E-state index contributed by atoms with van der Waals surface area (Å²) in [5.41, 5.74) is 7.85. The zero-order valence-corrected chi connectivity index (χ0v) is 15.4. The normalized spacial score (nSPS) is 21.3. The summed E-state index contributed by atoms with van der Waals surface area (Å²) in [6, 6.07) is 17.6. The standard InChI is InChI=1S/C22H17N3O4/c23-12-17-20(14-7-4-8-16(9-14)25(27)28)21-18(26)10-15(11-19(21)29-22(17)24)13-5-2-1-3-6-13/h1-9,15,20H,10-11,24H2/t15-,20+/m0/s1. The molecule has 0 unspecified atom stereocenters. The van der Waals surface area contributed by atoms with Gasteiger partial charge in [0, 0.05) is 30.5 Å². The first-order valence-electron chi connectivity index (χ1n) is 9.12. The molecule has 0 bridgehead atoms. The second kappa shape index (κ2) is 7.24. The first-order valence-corrected chi connectivity index (χ1v) is 9.12. The van der Waals surface area contributed by atoms with Gasteiger partial charge in [0.1, 0.15) is 17.4 Å². The summed E-state index contributed by atoms with van der Waals surface area (Å²) in [6.07, 6.45) is 0.742. The van der Waals surface area contributed by atoms with Crippen molar-refractivity contribution in [3.8, 4) is 6.07 Å². The highest BCUT2D eigenvalue weighted by molar-refractivity contribution is 6.00. The number of nitriles is 1. The van der Waals surface area contributed by atoms with Crippen LogP contribution in [0.3, 0.4) is 0 Å². The number of hydrogen-bond donors (Lipinski definition) is 1. The summed E-state index contributed by atoms with van der Waals surface area (Å²) < 4.78 is 5.71. The van der Waals surface area contributed by atoms with E-state index in [-0.39, 0.29) is 35.3 Å². The molecule has 1 heterocycles. The van der Waals surface area contributed by atoms with Gasteiger partial charge in [0.05, 0.1) is 10.8 Å². The molecule has 1 aliphatic heterocycles. The lowest BCUT2D eigenvalue weighted by Gasteiger charge is -2.34. The average Bonchev–Trinajstić information content (AvgIpc) is 2.73. The molecule has 2 aliphatic rings. The number of ketones is 1. The molecule has 7 heteroatoms. The number of allylic oxidation sites excluding steroid dienone is 3. The summed E-state index contributed by atoms with van der Waals surface area (Å²) in [4.78, 5) is 23.8. The number of Topliss-reactive ketones (excluding diaryl/α,β-unsaturated/α-hetero) is 1. The Morgan fingerprint density at radius 2 is 1.83 bits per heavy atom. The van der Waals surface area contributed by atoms with Crippen molar-refractivity contribution in [2.45, 2.75) is 24.7 Å². The first-order chi connectivity index (χ1) is 14.0. The number of non-ortho nitro benzene ring substituents is 1. The molecule has 2 aromatic rings. The van der Waals surface area contributed by atoms with Crippen LogP contribution in [0, 0.1) is 21.4 Å². The van der Waals surface area contributed by atoms with Crippen molar-refractivity contribution < 1.29 is 14.5 Å². The van der Waals surface area contributed by atoms with E-state index in [1.807, 2.05) is 36.4 Å². The van der Waals surface area contributed by atoms with E-state index in [1.165, 1.54) is 18.2 Å². The van der Waals surface area contributed by atoms with Gasteiger partial charge < -0.3 is 10.5 Å². The zero-order chi connectivity index (χ0) is 20.5. The maximum Gasteiger partial charge on any atom is 0.269 e. The molecule has 29 heavy (non-hydrogen) atoms. The molecule has 0 saturated carbocycles. The lowest BCUT2D eigenvalue weighted by atomic mass is 9.73. The van der Waals surface area contributed by atoms with Gasteiger partial charge >= 0.3 is 0 Å². The lowest BCUT2D eigenvalue weighted by molar-refractivity contribution is -0.384. The van der Waals surface area contributed by atoms with E-state index in [9.17, 15) is 20.2 Å². The van der Waals surface area contributed by atoms with Crippen LogP contribution in [-0.4, -0.2) is 10.7 Å². The smallest absolute Gasteiger partial charge is 0.269 e. The molecule has 4 rings (SSSR count). The summed E-state index contributed by atoms with van der Waals surface area (Å²) in [5, 5.41) is 20.8. The number of carbonyl (C=O) groups is 1. The fourth-order valence-electron chi connectivity index (χ4n) is 4.02. The van der Waals surface area contributed by atoms with Gasteiger partial charge in [0.2, 0.25) is 5.88 Å². The Bertz CT molecular complexity index is 1110. The monoisotopic (exact) mass is 387 g/mol. The average molecular weight is 387 g/mol. The van der Waals surface area contributed by atoms with Crippen LogP contribution in [0.15, 0.2) is 77.4 Å². The fraction of sp³-hybridized carbons (Fsp3) is 0.182. The number of nitrogens with zero attached hydrogens (tertiary/aromatic N) is 2. The second-order valence-electron chi connectivity index (χ2n) is 7.05. The number of nitro groups is 1. The van der Waals surface area contributed by atoms with E-state index in [2.05, 4.69) is 0 Å². The van der Waals surface area contributed by atoms with Crippen LogP contribution < -0.4 is 5.73 Å². The van der Waals surface area contributed by atoms with Crippen molar-refractivity contribution in [3.05, 3.63) is 98.6 Å². The Hall–Kier alpha value is -3.92. The lowest BCUT2D eigenvalue weighted by Crippen LogP contribution is -2.29. The predicted molar refractivity (Wildman–Crippen MR) is 104 cm³/mol. The Morgan fingerprint density at radius 1 is 1.10 bits per heavy atom. The van der Waals surface area contributed by atoms with Crippen molar-refractivity contribution >= 4 is 11.5 Å². The van der Waals surface area contributed by atoms with Gasteiger partial charge in [0.15, 0.2) is 5.78 Å². The second-order valence-corrected chi connectivity index (χ2v) is 7.05. The summed E-state index contributed by atoms with van der Waals surface area (Å²) in [6.45, 7) is 0. The first kappa shape index (κ1) is 18.4. The molecule has 7 nitrogen and oxygen atoms in total. The molecule has 0 spiro atoms. The molecular weight excluding hydrogens is 370 g/mol. The molecule has 0 amide bonds. The third-order valence-corrected chi connectivity index (χ3v) is 5.35. The Kier molecular flexibility index (Phi) is 4.61. The topological polar surface area (TPSA) is 119 Å². The molecule has 2 atom stereocenters. The van der Waals surface area contributed by atoms with E-state index in [1.54, 1.807) is 6.07 Å². The van der Waals surface area contributed by atoms with Crippen molar-refractivity contribution in [1.29, 1.82) is 5.26 Å². The Morgan fingerprint density at radius 3 is 2.52 bits per heavy atom. The largest absolute Gasteiger partial charge is 0.444 e. The van der Waals surface area contributed by atoms with Gasteiger partial charge in [-0.1, -0.05) is 42.5 Å². The molecule has 144 valence electrons. The molecule has 0 radical (unpaired) electrons. The van der Waals surface area contributed by atoms with E-state index in [4.69, 9.17) is 10.5 Å². The fourth-order valence-corrected chi connectivity index (χ4v) is 4.02. The van der Waals surface area contributed by atoms with Gasteiger partial charge in [-0.3, -0.25) is 14.9 Å². The predicted octanol–water partition coefficient (Wildman–Crippen LogP) is 3.80. The van der Waals surface area contributed by atoms with Crippen molar-refractivity contribution in [2.24, 2.45) is 5.73 Å². The molecule has 1 aliphatic carbocycles. The number of benzene rings is 2. The van der Waals surface area contributed by atoms with Crippen molar-refractivity contribution in [2.75, 3.05) is 0 Å². The highest BCUT2D eigenvalue weighted by Crippen LogP contribution is 2.46. The highest BCUT2D eigenvalue weighted by atomic mass is 16.6. The highest BCUT2D eigenvalue weighted by Gasteiger charge is 2.41. The summed E-state index contributed by atoms with van der Waals surface area (Å²) in [5.74, 6) is -0.596. The maximum atomic E-state index is 13.1. The number of rotatable bonds is 3. The van der Waals surface area contributed by atoms with E-state index < -0.39 is 10.8 Å². The molecule has 2 N–H and O–H groups in total. The minimum absolute atomic E-state index is 0.0513. The van der Waals surface area contributed by atoms with Gasteiger partial charge in [-0.05, 0) is 17.0 Å². The molecule has 0 aromatic heterocycles. The SMILES string of the molecule is N#CC1=C(N)OC2=C(C(=O)C[C@H](c3ccccc3)C2)[C@@H]1c1cccc([N+](=O)[O-])c1. The van der Waals surface area contributed by atoms with Gasteiger partial charge in [-0.15, -0.1) is 0 Å². The summed E-state index contributed by atoms with van der Waals surface area (Å²) >= 11 is 0. The molecule has 0 fully saturated rings. The minimum Gasteiger partial charge on any atom is -0.444 e. The summed E-state index contributed by atoms with van der Waals surface area (Å²) in [7, 11) is 0. The van der Waals surface area contributed by atoms with Crippen LogP contribution in [0.1, 0.15) is 35.8 Å². The van der Waals surface area contributed by atoms with Gasteiger partial charge in [-0.25, -0.2) is 0 Å². The molecule has 0 saturated heterocycles. The number of nitrogens with two attached hydrogens (primary N) is 1. The van der Waals surface area contributed by atoms with Crippen molar-refractivity contribution in [3.63, 3.8) is 0 Å². The Balaban J connectivity index is 1.81. The third kappa shape index (κ3) is 3.25. The number of hydrogen-bond acceptors (Lipinski definition) is 6. The molecule has 2 aromatic carbocycles. The van der Waals surface area contributed by atoms with Crippen LogP contribution in [0.25, 0.3) is 0 Å². The van der Waals surface area contributed by atoms with Crippen LogP contribution in [0.4, 0.5) is 5.69 Å². The van der Waals surface area contributed by atoms with E-state index in [0.29, 0.717) is 23.3 Å². The van der Waals surface area contributed by atoms with Crippen LogP contribution in [0.2, 0.25) is 0 Å². The zero-order valence-electron chi connectivity index (χ0n) is 15.4. The van der Waals surface area contributed by atoms with Crippen LogP contribution in [-0.2, 0) is 9.53 Å². The minimum atomic E-state index is -0.770. The number of carbonyl (C=O) groups excluding carboxylic acids is 1. The quantitative estimate of drug-likeness (QED) is 0.632.